The van der Waals surface area contributed by atoms with Crippen molar-refractivity contribution in [2.24, 2.45) is 11.8 Å². The van der Waals surface area contributed by atoms with Crippen LogP contribution in [0.5, 0.6) is 0 Å². The van der Waals surface area contributed by atoms with Gasteiger partial charge in [0.2, 0.25) is 17.7 Å². The van der Waals surface area contributed by atoms with Gasteiger partial charge in [0.1, 0.15) is 13.2 Å². The molecule has 0 spiro atoms. The molecule has 2 fully saturated rings. The van der Waals surface area contributed by atoms with E-state index in [0.29, 0.717) is 11.6 Å². The average Bonchev–Trinajstić information content (AvgIpc) is 3.11. The molecule has 0 unspecified atom stereocenters. The minimum absolute atomic E-state index is 0.0242. The molecule has 3 amide bonds. The molecule has 30 heavy (non-hydrogen) atoms. The lowest BCUT2D eigenvalue weighted by atomic mass is 9.88. The number of nitrogens with zero attached hydrogens (tertiary/aromatic N) is 3. The molecule has 1 saturated heterocycles. The summed E-state index contributed by atoms with van der Waals surface area (Å²) in [5.74, 6) is 0.0650. The van der Waals surface area contributed by atoms with E-state index in [1.54, 1.807) is 21.9 Å². The number of amides is 3. The molecule has 1 heterocycles. The Balaban J connectivity index is 1.69. The van der Waals surface area contributed by atoms with Crippen molar-refractivity contribution in [1.82, 2.24) is 9.80 Å². The summed E-state index contributed by atoms with van der Waals surface area (Å²) in [5, 5.41) is 0.589. The van der Waals surface area contributed by atoms with Crippen LogP contribution >= 0.6 is 11.6 Å². The molecule has 3 rings (SSSR count). The van der Waals surface area contributed by atoms with E-state index in [-0.39, 0.29) is 49.3 Å². The molecule has 0 N–H and O–H groups in total. The van der Waals surface area contributed by atoms with E-state index < -0.39 is 0 Å². The van der Waals surface area contributed by atoms with Crippen LogP contribution in [0.4, 0.5) is 5.69 Å². The van der Waals surface area contributed by atoms with Crippen LogP contribution in [0.25, 0.3) is 0 Å². The van der Waals surface area contributed by atoms with Crippen LogP contribution in [0.3, 0.4) is 0 Å². The maximum absolute atomic E-state index is 13.1. The maximum Gasteiger partial charge on any atom is 0.248 e. The fraction of sp³-hybridized carbons (Fsp3) is 0.609. The number of carbonyl (C=O) groups excluding carboxylic acids is 3. The molecule has 1 aliphatic heterocycles. The minimum Gasteiger partial charge on any atom is -0.333 e. The highest BCUT2D eigenvalue weighted by molar-refractivity contribution is 6.31. The third-order valence-electron chi connectivity index (χ3n) is 6.00. The summed E-state index contributed by atoms with van der Waals surface area (Å²) < 4.78 is 0. The fourth-order valence-corrected chi connectivity index (χ4v) is 4.53. The fourth-order valence-electron chi connectivity index (χ4n) is 4.36. The van der Waals surface area contributed by atoms with Crippen molar-refractivity contribution in [2.75, 3.05) is 31.2 Å². The van der Waals surface area contributed by atoms with Crippen molar-refractivity contribution in [1.29, 1.82) is 0 Å². The molecule has 1 aliphatic carbocycles. The predicted octanol–water partition coefficient (Wildman–Crippen LogP) is 3.85. The average molecular weight is 434 g/mol. The molecule has 0 bridgehead atoms. The smallest absolute Gasteiger partial charge is 0.248 e. The number of anilines is 1. The van der Waals surface area contributed by atoms with Crippen LogP contribution in [0.15, 0.2) is 18.2 Å². The highest BCUT2D eigenvalue weighted by Gasteiger charge is 2.35. The van der Waals surface area contributed by atoms with E-state index in [4.69, 9.17) is 11.6 Å². The predicted molar refractivity (Wildman–Crippen MR) is 118 cm³/mol. The van der Waals surface area contributed by atoms with E-state index >= 15 is 0 Å². The number of halogens is 1. The quantitative estimate of drug-likeness (QED) is 0.684. The van der Waals surface area contributed by atoms with Crippen LogP contribution in [-0.2, 0) is 14.4 Å². The molecule has 0 atom stereocenters. The Labute approximate surface area is 184 Å². The molecular formula is C23H32ClN3O3. The number of hydrogen-bond acceptors (Lipinski definition) is 3. The van der Waals surface area contributed by atoms with Gasteiger partial charge in [-0.05, 0) is 43.4 Å². The van der Waals surface area contributed by atoms with Crippen molar-refractivity contribution in [3.8, 4) is 0 Å². The number of benzene rings is 1. The standard InChI is InChI=1S/C23H32ClN3O3/c1-16(2)12-25(23(30)18-8-5-4-6-9-18)13-21(28)26-14-22(29)27(15-26)20-11-7-10-19(24)17(20)3/h7,10-11,16,18H,4-6,8-9,12-15H2,1-3H3. The second-order valence-electron chi connectivity index (χ2n) is 8.89. The summed E-state index contributed by atoms with van der Waals surface area (Å²) >= 11 is 6.20. The SMILES string of the molecule is Cc1c(Cl)cccc1N1CN(C(=O)CN(CC(C)C)C(=O)C2CCCCC2)CC1=O. The van der Waals surface area contributed by atoms with Gasteiger partial charge in [0.15, 0.2) is 0 Å². The Hall–Kier alpha value is -2.08. The Morgan fingerprint density at radius 1 is 1.20 bits per heavy atom. The molecule has 6 nitrogen and oxygen atoms in total. The summed E-state index contributed by atoms with van der Waals surface area (Å²) in [7, 11) is 0. The van der Waals surface area contributed by atoms with Gasteiger partial charge in [-0.3, -0.25) is 19.3 Å². The summed E-state index contributed by atoms with van der Waals surface area (Å²) in [6.45, 7) is 6.76. The highest BCUT2D eigenvalue weighted by atomic mass is 35.5. The first-order valence-electron chi connectivity index (χ1n) is 10.9. The second-order valence-corrected chi connectivity index (χ2v) is 9.29. The van der Waals surface area contributed by atoms with Crippen molar-refractivity contribution in [2.45, 2.75) is 52.9 Å². The van der Waals surface area contributed by atoms with Crippen molar-refractivity contribution in [3.63, 3.8) is 0 Å². The Kier molecular flexibility index (Phi) is 7.40. The second kappa shape index (κ2) is 9.82. The summed E-state index contributed by atoms with van der Waals surface area (Å²) in [6.07, 6.45) is 5.15. The monoisotopic (exact) mass is 433 g/mol. The van der Waals surface area contributed by atoms with Gasteiger partial charge in [-0.1, -0.05) is 50.8 Å². The summed E-state index contributed by atoms with van der Waals surface area (Å²) in [4.78, 5) is 43.5. The van der Waals surface area contributed by atoms with E-state index in [1.807, 2.05) is 13.0 Å². The lowest BCUT2D eigenvalue weighted by Crippen LogP contribution is -2.46. The van der Waals surface area contributed by atoms with Gasteiger partial charge in [-0.25, -0.2) is 0 Å². The van der Waals surface area contributed by atoms with Crippen LogP contribution in [0.1, 0.15) is 51.5 Å². The summed E-state index contributed by atoms with van der Waals surface area (Å²) in [6, 6.07) is 5.42. The first kappa shape index (κ1) is 22.6. The van der Waals surface area contributed by atoms with E-state index in [1.165, 1.54) is 11.3 Å². The maximum atomic E-state index is 13.1. The molecule has 2 aliphatic rings. The van der Waals surface area contributed by atoms with Gasteiger partial charge in [-0.2, -0.15) is 0 Å². The third-order valence-corrected chi connectivity index (χ3v) is 6.41. The molecule has 1 saturated carbocycles. The van der Waals surface area contributed by atoms with Gasteiger partial charge in [0.25, 0.3) is 0 Å². The molecule has 0 radical (unpaired) electrons. The first-order valence-corrected chi connectivity index (χ1v) is 11.3. The van der Waals surface area contributed by atoms with Gasteiger partial charge in [0, 0.05) is 23.2 Å². The van der Waals surface area contributed by atoms with Crippen LogP contribution in [0, 0.1) is 18.8 Å². The van der Waals surface area contributed by atoms with Gasteiger partial charge in [-0.15, -0.1) is 0 Å². The Bertz CT molecular complexity index is 805. The number of carbonyl (C=O) groups is 3. The molecule has 0 aromatic heterocycles. The van der Waals surface area contributed by atoms with Gasteiger partial charge >= 0.3 is 0 Å². The zero-order chi connectivity index (χ0) is 21.8. The van der Waals surface area contributed by atoms with Crippen LogP contribution in [0.2, 0.25) is 5.02 Å². The van der Waals surface area contributed by atoms with Gasteiger partial charge in [0.05, 0.1) is 6.54 Å². The number of rotatable bonds is 6. The van der Waals surface area contributed by atoms with E-state index in [9.17, 15) is 14.4 Å². The first-order chi connectivity index (χ1) is 14.3. The normalized spacial score (nSPS) is 17.7. The topological polar surface area (TPSA) is 60.9 Å². The Morgan fingerprint density at radius 2 is 1.90 bits per heavy atom. The molecule has 7 heteroatoms. The highest BCUT2D eigenvalue weighted by Crippen LogP contribution is 2.29. The van der Waals surface area contributed by atoms with Crippen molar-refractivity contribution in [3.05, 3.63) is 28.8 Å². The van der Waals surface area contributed by atoms with Gasteiger partial charge < -0.3 is 9.80 Å². The minimum atomic E-state index is -0.185. The molecule has 164 valence electrons. The van der Waals surface area contributed by atoms with E-state index in [2.05, 4.69) is 13.8 Å². The third kappa shape index (κ3) is 5.15. The molecule has 1 aromatic rings. The Morgan fingerprint density at radius 3 is 2.57 bits per heavy atom. The van der Waals surface area contributed by atoms with E-state index in [0.717, 1.165) is 36.9 Å². The summed E-state index contributed by atoms with van der Waals surface area (Å²) in [5.41, 5.74) is 1.54. The zero-order valence-corrected chi connectivity index (χ0v) is 19.0. The molecular weight excluding hydrogens is 402 g/mol. The largest absolute Gasteiger partial charge is 0.333 e. The lowest BCUT2D eigenvalue weighted by Gasteiger charge is -2.31. The van der Waals surface area contributed by atoms with Crippen molar-refractivity contribution < 1.29 is 14.4 Å². The van der Waals surface area contributed by atoms with Crippen LogP contribution in [-0.4, -0.2) is 53.8 Å². The van der Waals surface area contributed by atoms with Crippen molar-refractivity contribution >= 4 is 35.0 Å². The molecule has 1 aromatic carbocycles. The lowest BCUT2D eigenvalue weighted by molar-refractivity contribution is -0.143. The number of hydrogen-bond donors (Lipinski definition) is 0. The zero-order valence-electron chi connectivity index (χ0n) is 18.2. The van der Waals surface area contributed by atoms with Crippen LogP contribution < -0.4 is 4.90 Å².